The maximum atomic E-state index is 14.6. The molecule has 1 atom stereocenters. The summed E-state index contributed by atoms with van der Waals surface area (Å²) in [5.74, 6) is 0.514. The number of methoxy groups -OCH3 is 2. The molecule has 1 unspecified atom stereocenters. The summed E-state index contributed by atoms with van der Waals surface area (Å²) < 4.78 is 42.0. The van der Waals surface area contributed by atoms with Crippen LogP contribution in [0.3, 0.4) is 0 Å². The zero-order valence-electron chi connectivity index (χ0n) is 23.2. The van der Waals surface area contributed by atoms with Gasteiger partial charge in [-0.05, 0) is 48.7 Å². The van der Waals surface area contributed by atoms with Crippen molar-refractivity contribution >= 4 is 5.71 Å². The van der Waals surface area contributed by atoms with Gasteiger partial charge in [-0.15, -0.1) is 0 Å². The zero-order chi connectivity index (χ0) is 26.6. The highest BCUT2D eigenvalue weighted by molar-refractivity contribution is 5.99. The minimum atomic E-state index is -0.437. The van der Waals surface area contributed by atoms with Crippen molar-refractivity contribution in [1.82, 2.24) is 0 Å². The van der Waals surface area contributed by atoms with Crippen LogP contribution >= 0.6 is 0 Å². The smallest absolute Gasteiger partial charge is 0.184 e. The van der Waals surface area contributed by atoms with Crippen molar-refractivity contribution in [2.24, 2.45) is 0 Å². The van der Waals surface area contributed by atoms with Gasteiger partial charge in [0.2, 0.25) is 0 Å². The summed E-state index contributed by atoms with van der Waals surface area (Å²) in [5.41, 5.74) is 3.64. The molecule has 0 aromatic heterocycles. The van der Waals surface area contributed by atoms with Gasteiger partial charge in [-0.1, -0.05) is 58.3 Å². The lowest BCUT2D eigenvalue weighted by Crippen LogP contribution is -3.00. The van der Waals surface area contributed by atoms with Crippen molar-refractivity contribution in [2.45, 2.75) is 90.0 Å². The van der Waals surface area contributed by atoms with Gasteiger partial charge in [0.15, 0.2) is 23.8 Å². The van der Waals surface area contributed by atoms with Gasteiger partial charge in [0, 0.05) is 24.5 Å². The van der Waals surface area contributed by atoms with E-state index in [9.17, 15) is 13.9 Å². The van der Waals surface area contributed by atoms with Crippen LogP contribution in [0, 0.1) is 11.6 Å². The molecule has 0 radical (unpaired) electrons. The van der Waals surface area contributed by atoms with E-state index in [0.29, 0.717) is 30.0 Å². The molecule has 3 rings (SSSR count). The normalized spacial score (nSPS) is 14.7. The van der Waals surface area contributed by atoms with E-state index in [-0.39, 0.29) is 36.1 Å². The lowest BCUT2D eigenvalue weighted by atomic mass is 9.84. The molecule has 0 saturated carbocycles. The molecule has 1 aliphatic rings. The zero-order valence-corrected chi connectivity index (χ0v) is 24.8. The Morgan fingerprint density at radius 2 is 1.53 bits per heavy atom. The number of benzene rings is 2. The molecule has 2 aromatic rings. The summed E-state index contributed by atoms with van der Waals surface area (Å²) in [5, 5.41) is 9.79. The average molecular weight is 597 g/mol. The minimum absolute atomic E-state index is 0. The third-order valence-corrected chi connectivity index (χ3v) is 7.49. The molecule has 212 valence electrons. The van der Waals surface area contributed by atoms with E-state index in [2.05, 4.69) is 11.5 Å². The van der Waals surface area contributed by atoms with Crippen molar-refractivity contribution in [3.63, 3.8) is 0 Å². The van der Waals surface area contributed by atoms with Gasteiger partial charge in [-0.25, -0.2) is 13.4 Å². The quantitative estimate of drug-likeness (QED) is 0.231. The summed E-state index contributed by atoms with van der Waals surface area (Å²) >= 11 is 0. The third kappa shape index (κ3) is 8.77. The Hall–Kier alpha value is -1.99. The summed E-state index contributed by atoms with van der Waals surface area (Å²) in [6.07, 6.45) is 12.6. The van der Waals surface area contributed by atoms with Crippen LogP contribution in [0.4, 0.5) is 8.78 Å². The Bertz CT molecular complexity index is 1040. The van der Waals surface area contributed by atoms with E-state index in [1.165, 1.54) is 57.1 Å². The van der Waals surface area contributed by atoms with Gasteiger partial charge in [0.1, 0.15) is 18.2 Å². The van der Waals surface area contributed by atoms with Crippen LogP contribution < -0.4 is 26.5 Å². The Morgan fingerprint density at radius 1 is 0.895 bits per heavy atom. The maximum absolute atomic E-state index is 14.6. The summed E-state index contributed by atoms with van der Waals surface area (Å²) in [6.45, 7) is 3.21. The lowest BCUT2D eigenvalue weighted by molar-refractivity contribution is -0.550. The highest BCUT2D eigenvalue weighted by Crippen LogP contribution is 2.38. The number of aliphatic hydroxyl groups excluding tert-OH is 1. The number of hydrogen-bond acceptors (Lipinski definition) is 3. The number of ether oxygens (including phenoxy) is 2. The average Bonchev–Trinajstić information content (AvgIpc) is 2.90. The van der Waals surface area contributed by atoms with E-state index in [1.54, 1.807) is 14.2 Å². The molecule has 0 spiro atoms. The fourth-order valence-electron chi connectivity index (χ4n) is 5.46. The number of hydrogen-bond donors (Lipinski definition) is 1. The Labute approximate surface area is 237 Å². The molecule has 0 saturated heterocycles. The Balaban J connectivity index is 0.00000507. The van der Waals surface area contributed by atoms with Gasteiger partial charge < -0.3 is 31.6 Å². The fourth-order valence-corrected chi connectivity index (χ4v) is 5.46. The number of rotatable bonds is 16. The first-order valence-corrected chi connectivity index (χ1v) is 13.9. The predicted octanol–water partition coefficient (Wildman–Crippen LogP) is 4.39. The number of fused-ring (bicyclic) bond motifs is 1. The molecule has 7 heteroatoms. The van der Waals surface area contributed by atoms with Crippen molar-refractivity contribution in [3.8, 4) is 11.5 Å². The van der Waals surface area contributed by atoms with Gasteiger partial charge in [-0.2, -0.15) is 0 Å². The molecule has 1 N–H and O–H groups in total. The molecular weight excluding hydrogens is 552 g/mol. The van der Waals surface area contributed by atoms with Crippen molar-refractivity contribution in [3.05, 3.63) is 58.7 Å². The molecule has 0 bridgehead atoms. The van der Waals surface area contributed by atoms with Gasteiger partial charge in [0.05, 0.1) is 19.8 Å². The molecule has 0 amide bonds. The summed E-state index contributed by atoms with van der Waals surface area (Å²) in [4.78, 5) is 0. The topological polar surface area (TPSA) is 41.7 Å². The van der Waals surface area contributed by atoms with Crippen molar-refractivity contribution in [2.75, 3.05) is 27.4 Å². The molecular formula is C31H44BrF2NO3. The standard InChI is InChI=1S/C31H44F2NO3.BrH/c1-4-5-6-7-8-9-10-11-12-13-29-27-20-31(37-3)30(36-2)19-26(27)23(16-17-35)21-34(29)22-24-18-25(32)14-15-28(24)33;/h14-15,18-20,23,35H,4-13,16-17,21-22H2,1-3H3;1H/q+1;/p-1. The second kappa shape index (κ2) is 16.9. The maximum Gasteiger partial charge on any atom is 0.184 e. The van der Waals surface area contributed by atoms with Crippen LogP contribution in [-0.4, -0.2) is 42.8 Å². The lowest BCUT2D eigenvalue weighted by Gasteiger charge is -2.27. The van der Waals surface area contributed by atoms with Gasteiger partial charge in [0.25, 0.3) is 0 Å². The van der Waals surface area contributed by atoms with Crippen molar-refractivity contribution in [1.29, 1.82) is 0 Å². The SMILES string of the molecule is CCCCCCCCCCCC1=[N+](Cc2cc(F)ccc2F)CC(CCO)c2cc(OC)c(OC)cc21.[Br-]. The fraction of sp³-hybridized carbons (Fsp3) is 0.581. The van der Waals surface area contributed by atoms with Crippen LogP contribution in [0.15, 0.2) is 30.3 Å². The van der Waals surface area contributed by atoms with Crippen LogP contribution in [0.1, 0.15) is 100 Å². The minimum Gasteiger partial charge on any atom is -1.00 e. The van der Waals surface area contributed by atoms with Crippen molar-refractivity contribution < 1.29 is 44.9 Å². The highest BCUT2D eigenvalue weighted by Gasteiger charge is 2.34. The molecule has 0 aliphatic carbocycles. The number of aliphatic hydroxyl groups is 1. The molecule has 2 aromatic carbocycles. The van der Waals surface area contributed by atoms with Crippen LogP contribution in [-0.2, 0) is 6.54 Å². The second-order valence-corrected chi connectivity index (χ2v) is 10.1. The number of unbranched alkanes of at least 4 members (excludes halogenated alkanes) is 8. The van der Waals surface area contributed by atoms with Gasteiger partial charge in [-0.3, -0.25) is 0 Å². The van der Waals surface area contributed by atoms with E-state index in [1.807, 2.05) is 12.1 Å². The number of nitrogens with zero attached hydrogens (tertiary/aromatic N) is 1. The Morgan fingerprint density at radius 3 is 2.16 bits per heavy atom. The summed E-state index contributed by atoms with van der Waals surface area (Å²) in [6, 6.07) is 7.67. The predicted molar refractivity (Wildman–Crippen MR) is 145 cm³/mol. The number of halogens is 3. The first-order valence-electron chi connectivity index (χ1n) is 13.9. The van der Waals surface area contributed by atoms with Crippen LogP contribution in [0.25, 0.3) is 0 Å². The largest absolute Gasteiger partial charge is 1.00 e. The first-order chi connectivity index (χ1) is 18.0. The second-order valence-electron chi connectivity index (χ2n) is 10.1. The van der Waals surface area contributed by atoms with Crippen LogP contribution in [0.2, 0.25) is 0 Å². The van der Waals surface area contributed by atoms with E-state index in [4.69, 9.17) is 9.47 Å². The highest BCUT2D eigenvalue weighted by atomic mass is 79.9. The summed E-state index contributed by atoms with van der Waals surface area (Å²) in [7, 11) is 3.25. The third-order valence-electron chi connectivity index (χ3n) is 7.49. The van der Waals surface area contributed by atoms with E-state index in [0.717, 1.165) is 42.2 Å². The molecule has 1 aliphatic heterocycles. The monoisotopic (exact) mass is 595 g/mol. The first kappa shape index (κ1) is 32.2. The van der Waals surface area contributed by atoms with Crippen LogP contribution in [0.5, 0.6) is 11.5 Å². The molecule has 4 nitrogen and oxygen atoms in total. The molecule has 1 heterocycles. The molecule has 38 heavy (non-hydrogen) atoms. The Kier molecular flexibility index (Phi) is 14.3. The van der Waals surface area contributed by atoms with E-state index >= 15 is 0 Å². The van der Waals surface area contributed by atoms with Gasteiger partial charge >= 0.3 is 0 Å². The van der Waals surface area contributed by atoms with E-state index < -0.39 is 11.6 Å². The molecule has 0 fully saturated rings.